The number of H-pyrrole nitrogens is 1. The van der Waals surface area contributed by atoms with E-state index in [0.29, 0.717) is 22.9 Å². The van der Waals surface area contributed by atoms with Gasteiger partial charge >= 0.3 is 0 Å². The molecule has 1 aromatic heterocycles. The molecular weight excluding hydrogens is 204 g/mol. The zero-order chi connectivity index (χ0) is 11.7. The number of hydrogen-bond donors (Lipinski definition) is 2. The number of pyridine rings is 1. The second-order valence-electron chi connectivity index (χ2n) is 3.57. The van der Waals surface area contributed by atoms with Crippen molar-refractivity contribution in [1.29, 1.82) is 0 Å². The molecule has 0 radical (unpaired) electrons. The summed E-state index contributed by atoms with van der Waals surface area (Å²) in [4.78, 5) is 26.2. The Morgan fingerprint density at radius 2 is 2.06 bits per heavy atom. The zero-order valence-corrected chi connectivity index (χ0v) is 8.91. The molecule has 4 nitrogen and oxygen atoms in total. The highest BCUT2D eigenvalue weighted by Gasteiger charge is 2.13. The molecule has 2 rings (SSSR count). The van der Waals surface area contributed by atoms with Gasteiger partial charge in [-0.2, -0.15) is 0 Å². The maximum atomic E-state index is 12.1. The van der Waals surface area contributed by atoms with Gasteiger partial charge < -0.3 is 10.7 Å². The molecule has 82 valence electrons. The van der Waals surface area contributed by atoms with Crippen LogP contribution in [-0.2, 0) is 6.42 Å². The van der Waals surface area contributed by atoms with Crippen LogP contribution in [0.25, 0.3) is 10.9 Å². The Morgan fingerprint density at radius 3 is 2.69 bits per heavy atom. The second kappa shape index (κ2) is 3.81. The SMILES string of the molecule is CCc1c(C(N)=O)[nH]c2ccccc2c1=O. The normalized spacial score (nSPS) is 10.6. The molecule has 0 aliphatic heterocycles. The summed E-state index contributed by atoms with van der Waals surface area (Å²) in [5.74, 6) is -0.597. The first-order valence-corrected chi connectivity index (χ1v) is 5.08. The summed E-state index contributed by atoms with van der Waals surface area (Å²) in [6.45, 7) is 1.83. The first kappa shape index (κ1) is 10.4. The third-order valence-electron chi connectivity index (χ3n) is 2.61. The molecule has 0 atom stereocenters. The van der Waals surface area contributed by atoms with Gasteiger partial charge in [-0.1, -0.05) is 19.1 Å². The minimum atomic E-state index is -0.597. The summed E-state index contributed by atoms with van der Waals surface area (Å²) in [6.07, 6.45) is 0.485. The Bertz CT molecular complexity index is 614. The van der Waals surface area contributed by atoms with E-state index < -0.39 is 5.91 Å². The van der Waals surface area contributed by atoms with Crippen molar-refractivity contribution >= 4 is 16.8 Å². The van der Waals surface area contributed by atoms with E-state index in [1.165, 1.54) is 0 Å². The first-order valence-electron chi connectivity index (χ1n) is 5.08. The molecule has 1 amide bonds. The predicted molar refractivity (Wildman–Crippen MR) is 62.5 cm³/mol. The van der Waals surface area contributed by atoms with Crippen molar-refractivity contribution in [3.8, 4) is 0 Å². The maximum Gasteiger partial charge on any atom is 0.265 e. The topological polar surface area (TPSA) is 76.0 Å². The Morgan fingerprint density at radius 1 is 1.38 bits per heavy atom. The molecule has 16 heavy (non-hydrogen) atoms. The van der Waals surface area contributed by atoms with Crippen LogP contribution in [0.15, 0.2) is 29.1 Å². The molecule has 0 aliphatic rings. The summed E-state index contributed by atoms with van der Waals surface area (Å²) in [5.41, 5.74) is 6.42. The molecule has 2 aromatic rings. The van der Waals surface area contributed by atoms with Gasteiger partial charge in [-0.15, -0.1) is 0 Å². The first-order chi connectivity index (χ1) is 7.65. The number of amides is 1. The summed E-state index contributed by atoms with van der Waals surface area (Å²) in [6, 6.07) is 7.08. The van der Waals surface area contributed by atoms with E-state index in [1.807, 2.05) is 6.92 Å². The van der Waals surface area contributed by atoms with Crippen molar-refractivity contribution in [2.45, 2.75) is 13.3 Å². The average Bonchev–Trinajstić information content (AvgIpc) is 2.29. The number of para-hydroxylation sites is 1. The fourth-order valence-electron chi connectivity index (χ4n) is 1.82. The highest BCUT2D eigenvalue weighted by atomic mass is 16.1. The fourth-order valence-corrected chi connectivity index (χ4v) is 1.82. The number of carbonyl (C=O) groups excluding carboxylic acids is 1. The molecule has 4 heteroatoms. The number of rotatable bonds is 2. The molecular formula is C12H12N2O2. The lowest BCUT2D eigenvalue weighted by Crippen LogP contribution is -2.22. The quantitative estimate of drug-likeness (QED) is 0.791. The number of nitrogens with one attached hydrogen (secondary N) is 1. The van der Waals surface area contributed by atoms with E-state index >= 15 is 0 Å². The Kier molecular flexibility index (Phi) is 2.48. The molecule has 1 heterocycles. The van der Waals surface area contributed by atoms with Crippen LogP contribution in [-0.4, -0.2) is 10.9 Å². The molecule has 0 aliphatic carbocycles. The van der Waals surface area contributed by atoms with Crippen molar-refractivity contribution in [2.24, 2.45) is 5.73 Å². The lowest BCUT2D eigenvalue weighted by Gasteiger charge is -2.06. The van der Waals surface area contributed by atoms with Crippen molar-refractivity contribution in [2.75, 3.05) is 0 Å². The van der Waals surface area contributed by atoms with Crippen LogP contribution in [0, 0.1) is 0 Å². The van der Waals surface area contributed by atoms with Crippen LogP contribution in [0.4, 0.5) is 0 Å². The predicted octanol–water partition coefficient (Wildman–Crippen LogP) is 1.19. The van der Waals surface area contributed by atoms with Gasteiger partial charge in [0.2, 0.25) is 0 Å². The van der Waals surface area contributed by atoms with Gasteiger partial charge in [-0.25, -0.2) is 0 Å². The number of aromatic nitrogens is 1. The van der Waals surface area contributed by atoms with Crippen molar-refractivity contribution in [3.63, 3.8) is 0 Å². The van der Waals surface area contributed by atoms with Crippen LogP contribution in [0.1, 0.15) is 23.0 Å². The number of fused-ring (bicyclic) bond motifs is 1. The molecule has 0 saturated heterocycles. The standard InChI is InChI=1S/C12H12N2O2/c1-2-7-10(12(13)16)14-9-6-4-3-5-8(9)11(7)15/h3-6H,2H2,1H3,(H2,13,16)(H,14,15). The van der Waals surface area contributed by atoms with Crippen LogP contribution < -0.4 is 11.2 Å². The highest BCUT2D eigenvalue weighted by molar-refractivity contribution is 5.95. The zero-order valence-electron chi connectivity index (χ0n) is 8.91. The number of nitrogens with two attached hydrogens (primary N) is 1. The Hall–Kier alpha value is -2.10. The smallest absolute Gasteiger partial charge is 0.265 e. The lowest BCUT2D eigenvalue weighted by molar-refractivity contribution is 0.0995. The van der Waals surface area contributed by atoms with Crippen molar-refractivity contribution < 1.29 is 4.79 Å². The summed E-state index contributed by atoms with van der Waals surface area (Å²) in [7, 11) is 0. The molecule has 0 saturated carbocycles. The van der Waals surface area contributed by atoms with Gasteiger partial charge in [0.25, 0.3) is 5.91 Å². The molecule has 1 aromatic carbocycles. The number of benzene rings is 1. The number of primary amides is 1. The van der Waals surface area contributed by atoms with Gasteiger partial charge in [-0.05, 0) is 18.6 Å². The van der Waals surface area contributed by atoms with Gasteiger partial charge in [0.05, 0.1) is 0 Å². The van der Waals surface area contributed by atoms with Gasteiger partial charge in [0.1, 0.15) is 5.69 Å². The maximum absolute atomic E-state index is 12.1. The van der Waals surface area contributed by atoms with E-state index in [-0.39, 0.29) is 11.1 Å². The largest absolute Gasteiger partial charge is 0.364 e. The number of aromatic amines is 1. The second-order valence-corrected chi connectivity index (χ2v) is 3.57. The van der Waals surface area contributed by atoms with Crippen LogP contribution in [0.5, 0.6) is 0 Å². The Labute approximate surface area is 92.1 Å². The van der Waals surface area contributed by atoms with E-state index in [4.69, 9.17) is 5.73 Å². The van der Waals surface area contributed by atoms with E-state index in [9.17, 15) is 9.59 Å². The van der Waals surface area contributed by atoms with Gasteiger partial charge in [0, 0.05) is 16.5 Å². The van der Waals surface area contributed by atoms with E-state index in [0.717, 1.165) is 0 Å². The molecule has 0 spiro atoms. The molecule has 0 fully saturated rings. The van der Waals surface area contributed by atoms with E-state index in [1.54, 1.807) is 24.3 Å². The van der Waals surface area contributed by atoms with Crippen molar-refractivity contribution in [3.05, 3.63) is 45.7 Å². The third kappa shape index (κ3) is 1.48. The number of hydrogen-bond acceptors (Lipinski definition) is 2. The van der Waals surface area contributed by atoms with E-state index in [2.05, 4.69) is 4.98 Å². The summed E-state index contributed by atoms with van der Waals surface area (Å²) >= 11 is 0. The molecule has 3 N–H and O–H groups in total. The highest BCUT2D eigenvalue weighted by Crippen LogP contribution is 2.11. The van der Waals surface area contributed by atoms with Crippen LogP contribution >= 0.6 is 0 Å². The number of carbonyl (C=O) groups is 1. The summed E-state index contributed by atoms with van der Waals surface area (Å²) in [5, 5.41) is 0.587. The summed E-state index contributed by atoms with van der Waals surface area (Å²) < 4.78 is 0. The Balaban J connectivity index is 2.93. The minimum absolute atomic E-state index is 0.120. The van der Waals surface area contributed by atoms with Gasteiger partial charge in [0.15, 0.2) is 5.43 Å². The third-order valence-corrected chi connectivity index (χ3v) is 2.61. The molecule has 0 unspecified atom stereocenters. The fraction of sp³-hybridized carbons (Fsp3) is 0.167. The van der Waals surface area contributed by atoms with Gasteiger partial charge in [-0.3, -0.25) is 9.59 Å². The monoisotopic (exact) mass is 216 g/mol. The minimum Gasteiger partial charge on any atom is -0.364 e. The molecule has 0 bridgehead atoms. The van der Waals surface area contributed by atoms with Crippen LogP contribution in [0.2, 0.25) is 0 Å². The lowest BCUT2D eigenvalue weighted by atomic mass is 10.1. The van der Waals surface area contributed by atoms with Crippen molar-refractivity contribution in [1.82, 2.24) is 4.98 Å². The average molecular weight is 216 g/mol. The van der Waals surface area contributed by atoms with Crippen LogP contribution in [0.3, 0.4) is 0 Å².